The molecule has 0 saturated carbocycles. The molecular formula is C17H28N4. The monoisotopic (exact) mass is 288 g/mol. The molecule has 1 saturated heterocycles. The van der Waals surface area contributed by atoms with E-state index in [0.29, 0.717) is 24.4 Å². The molecule has 5 N–H and O–H groups in total. The number of nitrogens with one attached hydrogen (secondary N) is 3. The van der Waals surface area contributed by atoms with Crippen molar-refractivity contribution in [1.29, 1.82) is 5.41 Å². The van der Waals surface area contributed by atoms with E-state index in [2.05, 4.69) is 41.9 Å². The van der Waals surface area contributed by atoms with Crippen molar-refractivity contribution in [2.45, 2.75) is 32.2 Å². The number of hydrogen-bond acceptors (Lipinski definition) is 4. The number of fused-ring (bicyclic) bond motifs is 1. The van der Waals surface area contributed by atoms with Crippen molar-refractivity contribution in [1.82, 2.24) is 10.6 Å². The lowest BCUT2D eigenvalue weighted by Crippen LogP contribution is -2.26. The zero-order valence-electron chi connectivity index (χ0n) is 12.9. The fourth-order valence-electron chi connectivity index (χ4n) is 3.19. The van der Waals surface area contributed by atoms with Gasteiger partial charge in [-0.05, 0) is 31.8 Å². The first-order chi connectivity index (χ1) is 10.3. The average Bonchev–Trinajstić information content (AvgIpc) is 2.91. The Morgan fingerprint density at radius 2 is 2.24 bits per heavy atom. The Labute approximate surface area is 128 Å². The molecule has 0 radical (unpaired) electrons. The summed E-state index contributed by atoms with van der Waals surface area (Å²) in [4.78, 5) is 0. The molecule has 2 aliphatic rings. The molecule has 0 spiro atoms. The summed E-state index contributed by atoms with van der Waals surface area (Å²) in [6, 6.07) is 0.525. The van der Waals surface area contributed by atoms with Gasteiger partial charge < -0.3 is 21.8 Å². The smallest absolute Gasteiger partial charge is 0.0319 e. The minimum atomic E-state index is 0.525. The molecule has 1 aliphatic carbocycles. The number of allylic oxidation sites excluding steroid dienone is 3. The third kappa shape index (κ3) is 4.29. The van der Waals surface area contributed by atoms with Gasteiger partial charge in [0, 0.05) is 36.0 Å². The summed E-state index contributed by atoms with van der Waals surface area (Å²) in [5.74, 6) is 1.34. The van der Waals surface area contributed by atoms with Crippen molar-refractivity contribution in [3.05, 3.63) is 35.6 Å². The van der Waals surface area contributed by atoms with E-state index >= 15 is 0 Å². The molecular weight excluding hydrogens is 260 g/mol. The minimum absolute atomic E-state index is 0.525. The van der Waals surface area contributed by atoms with Crippen LogP contribution in [0.5, 0.6) is 0 Å². The highest BCUT2D eigenvalue weighted by Gasteiger charge is 2.32. The first-order valence-corrected chi connectivity index (χ1v) is 8.03. The van der Waals surface area contributed by atoms with E-state index in [1.54, 1.807) is 0 Å². The molecule has 1 fully saturated rings. The van der Waals surface area contributed by atoms with Crippen molar-refractivity contribution < 1.29 is 0 Å². The maximum atomic E-state index is 7.46. The van der Waals surface area contributed by atoms with Gasteiger partial charge >= 0.3 is 0 Å². The third-order valence-corrected chi connectivity index (χ3v) is 4.45. The highest BCUT2D eigenvalue weighted by Crippen LogP contribution is 2.29. The molecule has 1 aliphatic heterocycles. The standard InChI is InChI=1S/C17H28N4/c1-2-5-16(19)14(10-18)11-20-9-8-13-12-21-17-7-4-3-6-15(13)17/h3-4,6-7,10,13,15,17-18,20-21H,2,5,8-9,11-12,19H2,1H3/b16-14-,18-10?. The zero-order chi connectivity index (χ0) is 15.1. The second-order valence-electron chi connectivity index (χ2n) is 5.95. The minimum Gasteiger partial charge on any atom is -0.402 e. The first kappa shape index (κ1) is 16.0. The maximum Gasteiger partial charge on any atom is 0.0319 e. The predicted octanol–water partition coefficient (Wildman–Crippen LogP) is 1.96. The molecule has 21 heavy (non-hydrogen) atoms. The molecule has 1 heterocycles. The van der Waals surface area contributed by atoms with Crippen LogP contribution < -0.4 is 16.4 Å². The second kappa shape index (κ2) is 8.15. The van der Waals surface area contributed by atoms with Gasteiger partial charge in [-0.3, -0.25) is 0 Å². The largest absolute Gasteiger partial charge is 0.402 e. The first-order valence-electron chi connectivity index (χ1n) is 8.03. The normalized spacial score (nSPS) is 28.3. The van der Waals surface area contributed by atoms with Crippen molar-refractivity contribution in [2.24, 2.45) is 17.6 Å². The van der Waals surface area contributed by atoms with E-state index in [1.165, 1.54) is 6.21 Å². The van der Waals surface area contributed by atoms with Crippen LogP contribution >= 0.6 is 0 Å². The van der Waals surface area contributed by atoms with E-state index < -0.39 is 0 Å². The highest BCUT2D eigenvalue weighted by atomic mass is 15.0. The van der Waals surface area contributed by atoms with E-state index in [-0.39, 0.29) is 0 Å². The number of rotatable bonds is 8. The molecule has 0 bridgehead atoms. The molecule has 4 heteroatoms. The molecule has 0 aromatic carbocycles. The Hall–Kier alpha value is -1.39. The van der Waals surface area contributed by atoms with Crippen LogP contribution in [0.2, 0.25) is 0 Å². The van der Waals surface area contributed by atoms with Gasteiger partial charge in [0.2, 0.25) is 0 Å². The van der Waals surface area contributed by atoms with Gasteiger partial charge in [-0.1, -0.05) is 37.6 Å². The zero-order valence-corrected chi connectivity index (χ0v) is 12.9. The highest BCUT2D eigenvalue weighted by molar-refractivity contribution is 5.77. The Morgan fingerprint density at radius 1 is 1.43 bits per heavy atom. The van der Waals surface area contributed by atoms with E-state index in [1.807, 2.05) is 0 Å². The van der Waals surface area contributed by atoms with Crippen molar-refractivity contribution in [3.63, 3.8) is 0 Å². The van der Waals surface area contributed by atoms with Gasteiger partial charge in [0.1, 0.15) is 0 Å². The third-order valence-electron chi connectivity index (χ3n) is 4.45. The van der Waals surface area contributed by atoms with Gasteiger partial charge in [-0.2, -0.15) is 0 Å². The summed E-state index contributed by atoms with van der Waals surface area (Å²) in [5, 5.41) is 14.5. The van der Waals surface area contributed by atoms with Crippen LogP contribution in [0.15, 0.2) is 35.6 Å². The van der Waals surface area contributed by atoms with Crippen LogP contribution in [0, 0.1) is 17.2 Å². The Balaban J connectivity index is 1.72. The lowest BCUT2D eigenvalue weighted by atomic mass is 9.86. The Morgan fingerprint density at radius 3 is 3.00 bits per heavy atom. The summed E-state index contributed by atoms with van der Waals surface area (Å²) in [7, 11) is 0. The number of hydrogen-bond donors (Lipinski definition) is 4. The fourth-order valence-corrected chi connectivity index (χ4v) is 3.19. The van der Waals surface area contributed by atoms with Crippen molar-refractivity contribution >= 4 is 6.21 Å². The van der Waals surface area contributed by atoms with E-state index in [9.17, 15) is 0 Å². The van der Waals surface area contributed by atoms with Gasteiger partial charge in [0.05, 0.1) is 0 Å². The van der Waals surface area contributed by atoms with Gasteiger partial charge in [0.25, 0.3) is 0 Å². The number of nitrogens with two attached hydrogens (primary N) is 1. The summed E-state index contributed by atoms with van der Waals surface area (Å²) in [6.07, 6.45) is 13.3. The van der Waals surface area contributed by atoms with Gasteiger partial charge in [-0.25, -0.2) is 0 Å². The molecule has 3 atom stereocenters. The lowest BCUT2D eigenvalue weighted by Gasteiger charge is -2.20. The molecule has 0 aromatic rings. The molecule has 116 valence electrons. The fraction of sp³-hybridized carbons (Fsp3) is 0.588. The Kier molecular flexibility index (Phi) is 6.21. The molecule has 4 nitrogen and oxygen atoms in total. The average molecular weight is 288 g/mol. The quantitative estimate of drug-likeness (QED) is 0.407. The SMILES string of the molecule is CCC/C(N)=C(\C=N)CNCCC1CNC2C=CC=CC12. The summed E-state index contributed by atoms with van der Waals surface area (Å²) >= 11 is 0. The molecule has 0 aromatic heterocycles. The van der Waals surface area contributed by atoms with Gasteiger partial charge in [-0.15, -0.1) is 0 Å². The summed E-state index contributed by atoms with van der Waals surface area (Å²) in [5.41, 5.74) is 7.77. The predicted molar refractivity (Wildman–Crippen MR) is 89.4 cm³/mol. The summed E-state index contributed by atoms with van der Waals surface area (Å²) < 4.78 is 0. The van der Waals surface area contributed by atoms with Crippen LogP contribution in [0.1, 0.15) is 26.2 Å². The molecule has 2 rings (SSSR count). The molecule has 3 unspecified atom stereocenters. The van der Waals surface area contributed by atoms with Crippen molar-refractivity contribution in [2.75, 3.05) is 19.6 Å². The van der Waals surface area contributed by atoms with Crippen LogP contribution in [-0.2, 0) is 0 Å². The van der Waals surface area contributed by atoms with E-state index in [4.69, 9.17) is 11.1 Å². The van der Waals surface area contributed by atoms with Crippen LogP contribution in [0.25, 0.3) is 0 Å². The van der Waals surface area contributed by atoms with E-state index in [0.717, 1.165) is 43.6 Å². The maximum absolute atomic E-state index is 7.46. The summed E-state index contributed by atoms with van der Waals surface area (Å²) in [6.45, 7) is 4.89. The van der Waals surface area contributed by atoms with Crippen molar-refractivity contribution in [3.8, 4) is 0 Å². The second-order valence-corrected chi connectivity index (χ2v) is 5.95. The topological polar surface area (TPSA) is 73.9 Å². The van der Waals surface area contributed by atoms with Crippen LogP contribution in [0.4, 0.5) is 0 Å². The van der Waals surface area contributed by atoms with Crippen LogP contribution in [0.3, 0.4) is 0 Å². The van der Waals surface area contributed by atoms with Gasteiger partial charge in [0.15, 0.2) is 0 Å². The lowest BCUT2D eigenvalue weighted by molar-refractivity contribution is 0.427. The Bertz CT molecular complexity index is 436. The molecule has 0 amide bonds. The van der Waals surface area contributed by atoms with Crippen LogP contribution in [-0.4, -0.2) is 31.9 Å².